The van der Waals surface area contributed by atoms with Crippen molar-refractivity contribution in [2.45, 2.75) is 96.8 Å². The van der Waals surface area contributed by atoms with Crippen molar-refractivity contribution in [1.29, 1.82) is 0 Å². The molecule has 2 fully saturated rings. The first-order valence-corrected chi connectivity index (χ1v) is 12.1. The van der Waals surface area contributed by atoms with Gasteiger partial charge in [0.15, 0.2) is 0 Å². The predicted octanol–water partition coefficient (Wildman–Crippen LogP) is 7.86. The summed E-state index contributed by atoms with van der Waals surface area (Å²) in [6.45, 7) is 7.74. The van der Waals surface area contributed by atoms with Gasteiger partial charge >= 0.3 is 0 Å². The maximum Gasteiger partial charge on any atom is 0.250 e. The van der Waals surface area contributed by atoms with Crippen LogP contribution in [-0.2, 0) is 4.79 Å². The monoisotopic (exact) mass is 395 g/mol. The average molecular weight is 396 g/mol. The lowest BCUT2D eigenvalue weighted by atomic mass is 9.68. The third-order valence-corrected chi connectivity index (χ3v) is 7.57. The number of hydrogen-bond donors (Lipinski definition) is 1. The Morgan fingerprint density at radius 3 is 2.07 bits per heavy atom. The summed E-state index contributed by atoms with van der Waals surface area (Å²) in [4.78, 5) is 11.8. The van der Waals surface area contributed by atoms with E-state index in [0.29, 0.717) is 11.5 Å². The minimum absolute atomic E-state index is 0.0988. The molecule has 0 aliphatic heterocycles. The van der Waals surface area contributed by atoms with E-state index in [-0.39, 0.29) is 5.91 Å². The van der Waals surface area contributed by atoms with Crippen LogP contribution in [0.2, 0.25) is 0 Å². The highest BCUT2D eigenvalue weighted by molar-refractivity contribution is 6.02. The molecule has 0 radical (unpaired) electrons. The van der Waals surface area contributed by atoms with E-state index in [9.17, 15) is 4.79 Å². The first kappa shape index (κ1) is 22.1. The van der Waals surface area contributed by atoms with Gasteiger partial charge in [-0.2, -0.15) is 0 Å². The summed E-state index contributed by atoms with van der Waals surface area (Å²) in [5.41, 5.74) is 2.85. The zero-order valence-corrected chi connectivity index (χ0v) is 18.7. The molecule has 2 heteroatoms. The van der Waals surface area contributed by atoms with Crippen molar-refractivity contribution in [2.24, 2.45) is 17.8 Å². The van der Waals surface area contributed by atoms with Crippen LogP contribution >= 0.6 is 0 Å². The SMILES string of the molecule is C=C(C)C(=O)Nc1ccc(C2CCC(C3CCC(CCCCC)CC3)CC2)cc1. The van der Waals surface area contributed by atoms with Gasteiger partial charge in [-0.3, -0.25) is 4.79 Å². The van der Waals surface area contributed by atoms with Crippen LogP contribution in [0.5, 0.6) is 0 Å². The molecule has 0 atom stereocenters. The molecule has 2 aliphatic carbocycles. The Bertz CT molecular complexity index is 646. The van der Waals surface area contributed by atoms with E-state index in [1.54, 1.807) is 6.92 Å². The zero-order valence-electron chi connectivity index (χ0n) is 18.7. The fourth-order valence-corrected chi connectivity index (χ4v) is 5.63. The molecule has 29 heavy (non-hydrogen) atoms. The van der Waals surface area contributed by atoms with Gasteiger partial charge in [-0.05, 0) is 86.8 Å². The Morgan fingerprint density at radius 2 is 1.52 bits per heavy atom. The molecule has 2 nitrogen and oxygen atoms in total. The Balaban J connectivity index is 1.41. The number of carbonyl (C=O) groups excluding carboxylic acids is 1. The van der Waals surface area contributed by atoms with Crippen LogP contribution in [-0.4, -0.2) is 5.91 Å². The maximum atomic E-state index is 11.8. The smallest absolute Gasteiger partial charge is 0.250 e. The normalized spacial score (nSPS) is 27.4. The second-order valence-electron chi connectivity index (χ2n) is 9.74. The van der Waals surface area contributed by atoms with Gasteiger partial charge < -0.3 is 5.32 Å². The molecule has 0 spiro atoms. The summed E-state index contributed by atoms with van der Waals surface area (Å²) < 4.78 is 0. The summed E-state index contributed by atoms with van der Waals surface area (Å²) in [5, 5.41) is 2.90. The van der Waals surface area contributed by atoms with E-state index in [2.05, 4.69) is 31.0 Å². The maximum absolute atomic E-state index is 11.8. The lowest BCUT2D eigenvalue weighted by molar-refractivity contribution is -0.112. The van der Waals surface area contributed by atoms with Gasteiger partial charge in [0.05, 0.1) is 0 Å². The van der Waals surface area contributed by atoms with Crippen LogP contribution in [0.15, 0.2) is 36.4 Å². The number of benzene rings is 1. The largest absolute Gasteiger partial charge is 0.322 e. The summed E-state index contributed by atoms with van der Waals surface area (Å²) in [6.07, 6.45) is 17.1. The molecule has 0 unspecified atom stereocenters. The summed E-state index contributed by atoms with van der Waals surface area (Å²) in [6, 6.07) is 8.51. The standard InChI is InChI=1S/C27H41NO/c1-4-5-6-7-21-8-10-22(11-9-21)23-12-14-24(15-13-23)25-16-18-26(19-17-25)28-27(29)20(2)3/h16-19,21-24H,2,4-15H2,1,3H3,(H,28,29). The summed E-state index contributed by atoms with van der Waals surface area (Å²) in [5.74, 6) is 3.59. The second kappa shape index (κ2) is 11.0. The fourth-order valence-electron chi connectivity index (χ4n) is 5.63. The molecule has 160 valence electrons. The number of anilines is 1. The average Bonchev–Trinajstić information content (AvgIpc) is 2.75. The Hall–Kier alpha value is -1.57. The first-order valence-electron chi connectivity index (χ1n) is 12.1. The lowest BCUT2D eigenvalue weighted by Crippen LogP contribution is -2.25. The topological polar surface area (TPSA) is 29.1 Å². The van der Waals surface area contributed by atoms with Gasteiger partial charge in [0.25, 0.3) is 5.91 Å². The van der Waals surface area contributed by atoms with Gasteiger partial charge in [0, 0.05) is 11.3 Å². The highest BCUT2D eigenvalue weighted by atomic mass is 16.1. The van der Waals surface area contributed by atoms with Crippen molar-refractivity contribution in [3.05, 3.63) is 42.0 Å². The third kappa shape index (κ3) is 6.46. The van der Waals surface area contributed by atoms with Gasteiger partial charge in [-0.15, -0.1) is 0 Å². The highest BCUT2D eigenvalue weighted by Crippen LogP contribution is 2.44. The molecule has 1 aromatic carbocycles. The molecular formula is C27H41NO. The van der Waals surface area contributed by atoms with Crippen molar-refractivity contribution in [3.63, 3.8) is 0 Å². The molecular weight excluding hydrogens is 354 g/mol. The number of amides is 1. The van der Waals surface area contributed by atoms with E-state index in [4.69, 9.17) is 0 Å². The molecule has 0 heterocycles. The van der Waals surface area contributed by atoms with Crippen LogP contribution in [0.1, 0.15) is 102 Å². The van der Waals surface area contributed by atoms with Gasteiger partial charge in [-0.1, -0.05) is 64.2 Å². The van der Waals surface area contributed by atoms with Crippen molar-refractivity contribution in [3.8, 4) is 0 Å². The van der Waals surface area contributed by atoms with Crippen molar-refractivity contribution in [1.82, 2.24) is 0 Å². The lowest BCUT2D eigenvalue weighted by Gasteiger charge is -2.38. The third-order valence-electron chi connectivity index (χ3n) is 7.57. The van der Waals surface area contributed by atoms with Gasteiger partial charge in [0.2, 0.25) is 0 Å². The van der Waals surface area contributed by atoms with E-state index < -0.39 is 0 Å². The van der Waals surface area contributed by atoms with E-state index in [0.717, 1.165) is 23.4 Å². The summed E-state index contributed by atoms with van der Waals surface area (Å²) >= 11 is 0. The molecule has 1 aromatic rings. The van der Waals surface area contributed by atoms with Gasteiger partial charge in [0.1, 0.15) is 0 Å². The van der Waals surface area contributed by atoms with Crippen molar-refractivity contribution < 1.29 is 4.79 Å². The predicted molar refractivity (Wildman–Crippen MR) is 124 cm³/mol. The molecule has 1 N–H and O–H groups in total. The Labute approximate surface area is 178 Å². The second-order valence-corrected chi connectivity index (χ2v) is 9.74. The number of unbranched alkanes of at least 4 members (excludes halogenated alkanes) is 2. The van der Waals surface area contributed by atoms with Crippen LogP contribution in [0.25, 0.3) is 0 Å². The first-order chi connectivity index (χ1) is 14.1. The van der Waals surface area contributed by atoms with E-state index in [1.165, 1.54) is 82.6 Å². The molecule has 0 saturated heterocycles. The number of carbonyl (C=O) groups is 1. The molecule has 2 saturated carbocycles. The summed E-state index contributed by atoms with van der Waals surface area (Å²) in [7, 11) is 0. The minimum atomic E-state index is -0.0988. The van der Waals surface area contributed by atoms with Crippen LogP contribution in [0.4, 0.5) is 5.69 Å². The molecule has 0 aromatic heterocycles. The molecule has 0 bridgehead atoms. The molecule has 1 amide bonds. The Kier molecular flexibility index (Phi) is 8.39. The number of nitrogens with one attached hydrogen (secondary N) is 1. The van der Waals surface area contributed by atoms with Crippen LogP contribution in [0, 0.1) is 17.8 Å². The minimum Gasteiger partial charge on any atom is -0.322 e. The highest BCUT2D eigenvalue weighted by Gasteiger charge is 2.31. The van der Waals surface area contributed by atoms with E-state index >= 15 is 0 Å². The molecule has 2 aliphatic rings. The van der Waals surface area contributed by atoms with Crippen molar-refractivity contribution in [2.75, 3.05) is 5.32 Å². The van der Waals surface area contributed by atoms with Crippen LogP contribution < -0.4 is 5.32 Å². The van der Waals surface area contributed by atoms with E-state index in [1.807, 2.05) is 12.1 Å². The number of hydrogen-bond acceptors (Lipinski definition) is 1. The Morgan fingerprint density at radius 1 is 0.931 bits per heavy atom. The quantitative estimate of drug-likeness (QED) is 0.352. The van der Waals surface area contributed by atoms with Crippen LogP contribution in [0.3, 0.4) is 0 Å². The number of rotatable bonds is 8. The van der Waals surface area contributed by atoms with Gasteiger partial charge in [-0.25, -0.2) is 0 Å². The zero-order chi connectivity index (χ0) is 20.6. The fraction of sp³-hybridized carbons (Fsp3) is 0.667. The molecule has 3 rings (SSSR count). The van der Waals surface area contributed by atoms with Crippen molar-refractivity contribution >= 4 is 11.6 Å².